The first-order chi connectivity index (χ1) is 10.9. The summed E-state index contributed by atoms with van der Waals surface area (Å²) < 4.78 is 27.7. The minimum Gasteiger partial charge on any atom is -0.396 e. The van der Waals surface area contributed by atoms with E-state index < -0.39 is 10.0 Å². The topological polar surface area (TPSA) is 60.9 Å². The Bertz CT molecular complexity index is 674. The maximum absolute atomic E-state index is 13.1. The Morgan fingerprint density at radius 2 is 2.09 bits per heavy atom. The van der Waals surface area contributed by atoms with E-state index in [0.29, 0.717) is 11.4 Å². The molecule has 0 bridgehead atoms. The average molecular weight is 338 g/mol. The molecule has 2 aliphatic rings. The van der Waals surface area contributed by atoms with E-state index in [0.717, 1.165) is 37.9 Å². The molecular formula is C17H26N2O3S. The number of nitrogens with zero attached hydrogens (tertiary/aromatic N) is 2. The second kappa shape index (κ2) is 6.42. The highest BCUT2D eigenvalue weighted by atomic mass is 32.2. The van der Waals surface area contributed by atoms with Crippen molar-refractivity contribution in [1.29, 1.82) is 0 Å². The first-order valence-corrected chi connectivity index (χ1v) is 9.84. The number of aryl methyl sites for hydroxylation is 1. The van der Waals surface area contributed by atoms with E-state index in [1.54, 1.807) is 10.4 Å². The molecule has 0 amide bonds. The van der Waals surface area contributed by atoms with Gasteiger partial charge in [-0.2, -0.15) is 4.31 Å². The van der Waals surface area contributed by atoms with E-state index in [-0.39, 0.29) is 18.6 Å². The standard InChI is InChI=1S/C17H26N2O3S/c1-13-5-6-14(12-20)11-19(13)23(21,22)16-8-7-15-4-3-9-18(2)17(15)10-16/h7-8,10,13-14,20H,3-6,9,11-12H2,1-2H3. The van der Waals surface area contributed by atoms with Crippen molar-refractivity contribution >= 4 is 15.7 Å². The van der Waals surface area contributed by atoms with Gasteiger partial charge in [0.05, 0.1) is 4.90 Å². The third-order valence-electron chi connectivity index (χ3n) is 5.19. The average Bonchev–Trinajstić information content (AvgIpc) is 2.55. The minimum absolute atomic E-state index is 0.0171. The maximum atomic E-state index is 13.1. The third kappa shape index (κ3) is 3.12. The number of anilines is 1. The number of sulfonamides is 1. The predicted molar refractivity (Wildman–Crippen MR) is 91.2 cm³/mol. The molecular weight excluding hydrogens is 312 g/mol. The lowest BCUT2D eigenvalue weighted by Crippen LogP contribution is -2.46. The Kier molecular flexibility index (Phi) is 4.67. The highest BCUT2D eigenvalue weighted by Crippen LogP contribution is 2.32. The van der Waals surface area contributed by atoms with Crippen molar-refractivity contribution in [3.8, 4) is 0 Å². The largest absolute Gasteiger partial charge is 0.396 e. The number of aliphatic hydroxyl groups is 1. The van der Waals surface area contributed by atoms with Gasteiger partial charge in [0.2, 0.25) is 10.0 Å². The molecule has 2 aliphatic heterocycles. The SMILES string of the molecule is CC1CCC(CO)CN1S(=O)(=O)c1ccc2c(c1)N(C)CCC2. The molecule has 0 spiro atoms. The van der Waals surface area contributed by atoms with Crippen molar-refractivity contribution in [1.82, 2.24) is 4.31 Å². The number of fused-ring (bicyclic) bond motifs is 1. The van der Waals surface area contributed by atoms with Crippen LogP contribution in [0, 0.1) is 5.92 Å². The van der Waals surface area contributed by atoms with Gasteiger partial charge < -0.3 is 10.0 Å². The predicted octanol–water partition coefficient (Wildman–Crippen LogP) is 1.85. The molecule has 0 aliphatic carbocycles. The van der Waals surface area contributed by atoms with Crippen molar-refractivity contribution in [2.75, 3.05) is 31.6 Å². The second-order valence-corrected chi connectivity index (χ2v) is 8.76. The van der Waals surface area contributed by atoms with Crippen molar-refractivity contribution in [2.45, 2.75) is 43.5 Å². The van der Waals surface area contributed by atoms with Gasteiger partial charge >= 0.3 is 0 Å². The number of hydrogen-bond donors (Lipinski definition) is 1. The van der Waals surface area contributed by atoms with E-state index in [4.69, 9.17) is 0 Å². The monoisotopic (exact) mass is 338 g/mol. The maximum Gasteiger partial charge on any atom is 0.243 e. The quantitative estimate of drug-likeness (QED) is 0.914. The Balaban J connectivity index is 1.94. The van der Waals surface area contributed by atoms with E-state index in [1.165, 1.54) is 5.56 Å². The van der Waals surface area contributed by atoms with Crippen LogP contribution in [0.3, 0.4) is 0 Å². The summed E-state index contributed by atoms with van der Waals surface area (Å²) in [6, 6.07) is 5.49. The lowest BCUT2D eigenvalue weighted by molar-refractivity contribution is 0.139. The number of benzene rings is 1. The Morgan fingerprint density at radius 3 is 2.83 bits per heavy atom. The molecule has 6 heteroatoms. The normalized spacial score (nSPS) is 26.1. The molecule has 5 nitrogen and oxygen atoms in total. The summed E-state index contributed by atoms with van der Waals surface area (Å²) in [6.45, 7) is 3.37. The highest BCUT2D eigenvalue weighted by molar-refractivity contribution is 7.89. The molecule has 1 aromatic carbocycles. The van der Waals surface area contributed by atoms with Crippen molar-refractivity contribution in [2.24, 2.45) is 5.92 Å². The van der Waals surface area contributed by atoms with Crippen LogP contribution < -0.4 is 4.90 Å². The minimum atomic E-state index is -3.52. The van der Waals surface area contributed by atoms with Gasteiger partial charge in [-0.15, -0.1) is 0 Å². The van der Waals surface area contributed by atoms with Gasteiger partial charge in [-0.1, -0.05) is 6.07 Å². The molecule has 23 heavy (non-hydrogen) atoms. The zero-order valence-electron chi connectivity index (χ0n) is 13.9. The number of aliphatic hydroxyl groups excluding tert-OH is 1. The smallest absolute Gasteiger partial charge is 0.243 e. The lowest BCUT2D eigenvalue weighted by Gasteiger charge is -2.36. The summed E-state index contributed by atoms with van der Waals surface area (Å²) in [5.74, 6) is 0.0428. The highest BCUT2D eigenvalue weighted by Gasteiger charge is 2.35. The molecule has 0 aromatic heterocycles. The van der Waals surface area contributed by atoms with Crippen LogP contribution in [0.15, 0.2) is 23.1 Å². The third-order valence-corrected chi connectivity index (χ3v) is 7.17. The molecule has 128 valence electrons. The van der Waals surface area contributed by atoms with Crippen LogP contribution in [-0.2, 0) is 16.4 Å². The van der Waals surface area contributed by atoms with E-state index in [2.05, 4.69) is 4.90 Å². The van der Waals surface area contributed by atoms with E-state index in [9.17, 15) is 13.5 Å². The Labute approximate surface area is 139 Å². The molecule has 1 fully saturated rings. The summed E-state index contributed by atoms with van der Waals surface area (Å²) in [5.41, 5.74) is 2.25. The number of hydrogen-bond acceptors (Lipinski definition) is 4. The van der Waals surface area contributed by atoms with Gasteiger partial charge in [-0.05, 0) is 56.2 Å². The summed E-state index contributed by atoms with van der Waals surface area (Å²) in [7, 11) is -1.50. The first kappa shape index (κ1) is 16.7. The van der Waals surface area contributed by atoms with Gasteiger partial charge in [0, 0.05) is 38.5 Å². The number of rotatable bonds is 3. The molecule has 1 aromatic rings. The van der Waals surface area contributed by atoms with Gasteiger partial charge in [-0.25, -0.2) is 8.42 Å². The molecule has 0 saturated carbocycles. The van der Waals surface area contributed by atoms with Crippen LogP contribution in [0.1, 0.15) is 31.7 Å². The molecule has 2 unspecified atom stereocenters. The van der Waals surface area contributed by atoms with E-state index >= 15 is 0 Å². The van der Waals surface area contributed by atoms with E-state index in [1.807, 2.05) is 26.1 Å². The number of piperidine rings is 1. The van der Waals surface area contributed by atoms with Crippen molar-refractivity contribution in [3.05, 3.63) is 23.8 Å². The molecule has 3 rings (SSSR count). The fraction of sp³-hybridized carbons (Fsp3) is 0.647. The van der Waals surface area contributed by atoms with Crippen LogP contribution in [0.2, 0.25) is 0 Å². The fourth-order valence-electron chi connectivity index (χ4n) is 3.66. The molecule has 1 N–H and O–H groups in total. The molecule has 2 heterocycles. The van der Waals surface area contributed by atoms with Gasteiger partial charge in [0.25, 0.3) is 0 Å². The summed E-state index contributed by atoms with van der Waals surface area (Å²) in [4.78, 5) is 2.50. The zero-order valence-corrected chi connectivity index (χ0v) is 14.7. The summed E-state index contributed by atoms with van der Waals surface area (Å²) >= 11 is 0. The first-order valence-electron chi connectivity index (χ1n) is 8.40. The van der Waals surface area contributed by atoms with Crippen molar-refractivity contribution in [3.63, 3.8) is 0 Å². The molecule has 0 radical (unpaired) electrons. The fourth-order valence-corrected chi connectivity index (χ4v) is 5.42. The second-order valence-electron chi connectivity index (χ2n) is 6.87. The zero-order chi connectivity index (χ0) is 16.6. The molecule has 1 saturated heterocycles. The van der Waals surface area contributed by atoms with Crippen LogP contribution in [0.5, 0.6) is 0 Å². The van der Waals surface area contributed by atoms with Crippen LogP contribution in [0.4, 0.5) is 5.69 Å². The van der Waals surface area contributed by atoms with Gasteiger partial charge in [-0.3, -0.25) is 0 Å². The summed E-state index contributed by atoms with van der Waals surface area (Å²) in [5, 5.41) is 9.40. The molecule has 2 atom stereocenters. The Morgan fingerprint density at radius 1 is 1.30 bits per heavy atom. The van der Waals surface area contributed by atoms with Gasteiger partial charge in [0.1, 0.15) is 0 Å². The van der Waals surface area contributed by atoms with Crippen molar-refractivity contribution < 1.29 is 13.5 Å². The Hall–Kier alpha value is -1.11. The lowest BCUT2D eigenvalue weighted by atomic mass is 9.96. The van der Waals surface area contributed by atoms with Crippen LogP contribution in [0.25, 0.3) is 0 Å². The van der Waals surface area contributed by atoms with Crippen LogP contribution >= 0.6 is 0 Å². The van der Waals surface area contributed by atoms with Gasteiger partial charge in [0.15, 0.2) is 0 Å². The van der Waals surface area contributed by atoms with Crippen LogP contribution in [-0.4, -0.2) is 50.6 Å². The summed E-state index contributed by atoms with van der Waals surface area (Å²) in [6.07, 6.45) is 3.80.